The van der Waals surface area contributed by atoms with Gasteiger partial charge in [0, 0.05) is 11.6 Å². The van der Waals surface area contributed by atoms with Crippen LogP contribution in [0.25, 0.3) is 0 Å². The molecule has 0 saturated carbocycles. The van der Waals surface area contributed by atoms with Gasteiger partial charge in [0.15, 0.2) is 11.5 Å². The highest BCUT2D eigenvalue weighted by Gasteiger charge is 2.44. The Labute approximate surface area is 190 Å². The van der Waals surface area contributed by atoms with Gasteiger partial charge in [-0.25, -0.2) is 0 Å². The summed E-state index contributed by atoms with van der Waals surface area (Å²) in [6.07, 6.45) is 0.0359. The molecule has 0 radical (unpaired) electrons. The van der Waals surface area contributed by atoms with E-state index in [9.17, 15) is 14.7 Å². The molecule has 0 aliphatic carbocycles. The molecular formula is C27H33NO4. The molecule has 5 nitrogen and oxygen atoms in total. The second-order valence-electron chi connectivity index (χ2n) is 9.89. The van der Waals surface area contributed by atoms with Gasteiger partial charge in [-0.15, -0.1) is 0 Å². The number of amides is 1. The monoisotopic (exact) mass is 435 g/mol. The van der Waals surface area contributed by atoms with Gasteiger partial charge in [0.05, 0.1) is 17.7 Å². The number of hydrogen-bond acceptors (Lipinski definition) is 4. The van der Waals surface area contributed by atoms with Crippen molar-refractivity contribution in [1.29, 1.82) is 0 Å². The van der Waals surface area contributed by atoms with Crippen molar-refractivity contribution in [3.63, 3.8) is 0 Å². The molecule has 1 heterocycles. The van der Waals surface area contributed by atoms with Crippen molar-refractivity contribution >= 4 is 17.4 Å². The maximum Gasteiger partial charge on any atom is 0.294 e. The van der Waals surface area contributed by atoms with E-state index in [-0.39, 0.29) is 28.8 Å². The molecule has 1 aliphatic heterocycles. The van der Waals surface area contributed by atoms with Crippen molar-refractivity contribution in [2.45, 2.75) is 66.0 Å². The lowest BCUT2D eigenvalue weighted by atomic mass is 9.87. The van der Waals surface area contributed by atoms with Crippen molar-refractivity contribution in [3.05, 3.63) is 71.0 Å². The largest absolute Gasteiger partial charge is 0.503 e. The highest BCUT2D eigenvalue weighted by molar-refractivity contribution is 6.16. The molecule has 1 unspecified atom stereocenters. The van der Waals surface area contributed by atoms with Crippen LogP contribution in [0.1, 0.15) is 65.6 Å². The summed E-state index contributed by atoms with van der Waals surface area (Å²) in [6, 6.07) is 14.4. The topological polar surface area (TPSA) is 66.8 Å². The molecule has 0 saturated heterocycles. The lowest BCUT2D eigenvalue weighted by Crippen LogP contribution is -2.31. The zero-order chi connectivity index (χ0) is 23.8. The van der Waals surface area contributed by atoms with E-state index in [2.05, 4.69) is 20.8 Å². The minimum absolute atomic E-state index is 0.0294. The molecule has 1 atom stereocenters. The Morgan fingerprint density at radius 3 is 2.00 bits per heavy atom. The van der Waals surface area contributed by atoms with E-state index in [0.717, 1.165) is 11.1 Å². The number of aliphatic hydroxyl groups excluding tert-OH is 1. The van der Waals surface area contributed by atoms with Gasteiger partial charge in [-0.1, -0.05) is 58.9 Å². The number of carbonyl (C=O) groups excluding carboxylic acids is 2. The van der Waals surface area contributed by atoms with E-state index in [4.69, 9.17) is 4.74 Å². The molecule has 1 amide bonds. The molecule has 5 heteroatoms. The van der Waals surface area contributed by atoms with Gasteiger partial charge in [-0.3, -0.25) is 14.5 Å². The van der Waals surface area contributed by atoms with E-state index in [1.165, 1.54) is 4.90 Å². The minimum Gasteiger partial charge on any atom is -0.503 e. The van der Waals surface area contributed by atoms with Crippen LogP contribution in [-0.4, -0.2) is 22.9 Å². The maximum absolute atomic E-state index is 13.2. The van der Waals surface area contributed by atoms with Crippen molar-refractivity contribution in [1.82, 2.24) is 0 Å². The normalized spacial score (nSPS) is 17.0. The third-order valence-electron chi connectivity index (χ3n) is 5.58. The number of rotatable bonds is 6. The van der Waals surface area contributed by atoms with Crippen molar-refractivity contribution < 1.29 is 19.4 Å². The first-order valence-corrected chi connectivity index (χ1v) is 11.1. The number of ether oxygens (including phenoxy) is 1. The number of anilines is 1. The van der Waals surface area contributed by atoms with Gasteiger partial charge in [-0.2, -0.15) is 0 Å². The van der Waals surface area contributed by atoms with E-state index in [0.29, 0.717) is 11.4 Å². The van der Waals surface area contributed by atoms with E-state index >= 15 is 0 Å². The van der Waals surface area contributed by atoms with Crippen LogP contribution in [0.5, 0.6) is 5.75 Å². The zero-order valence-electron chi connectivity index (χ0n) is 20.0. The molecule has 1 N–H and O–H groups in total. The quantitative estimate of drug-likeness (QED) is 0.614. The lowest BCUT2D eigenvalue weighted by Gasteiger charge is -2.28. The van der Waals surface area contributed by atoms with Crippen molar-refractivity contribution in [3.8, 4) is 5.75 Å². The summed E-state index contributed by atoms with van der Waals surface area (Å²) in [7, 11) is 0. The summed E-state index contributed by atoms with van der Waals surface area (Å²) >= 11 is 0. The fourth-order valence-electron chi connectivity index (χ4n) is 3.87. The summed E-state index contributed by atoms with van der Waals surface area (Å²) in [5.41, 5.74) is 2.62. The molecule has 2 aromatic carbocycles. The highest BCUT2D eigenvalue weighted by Crippen LogP contribution is 2.42. The molecule has 1 aliphatic rings. The van der Waals surface area contributed by atoms with Crippen molar-refractivity contribution in [2.24, 2.45) is 5.92 Å². The second kappa shape index (κ2) is 8.81. The van der Waals surface area contributed by atoms with Gasteiger partial charge >= 0.3 is 0 Å². The molecule has 0 aromatic heterocycles. The third-order valence-corrected chi connectivity index (χ3v) is 5.58. The van der Waals surface area contributed by atoms with E-state index in [1.54, 1.807) is 13.8 Å². The Morgan fingerprint density at radius 1 is 0.969 bits per heavy atom. The average molecular weight is 436 g/mol. The van der Waals surface area contributed by atoms with Crippen molar-refractivity contribution in [2.75, 3.05) is 4.90 Å². The minimum atomic E-state index is -0.703. The van der Waals surface area contributed by atoms with Gasteiger partial charge in [0.25, 0.3) is 5.91 Å². The number of nitrogens with zero attached hydrogens (tertiary/aromatic N) is 1. The highest BCUT2D eigenvalue weighted by atomic mass is 16.5. The summed E-state index contributed by atoms with van der Waals surface area (Å²) < 4.78 is 5.73. The molecule has 32 heavy (non-hydrogen) atoms. The van der Waals surface area contributed by atoms with E-state index < -0.39 is 17.7 Å². The number of carbonyl (C=O) groups is 2. The second-order valence-corrected chi connectivity index (χ2v) is 9.89. The number of hydrogen-bond donors (Lipinski definition) is 1. The maximum atomic E-state index is 13.2. The summed E-state index contributed by atoms with van der Waals surface area (Å²) in [4.78, 5) is 27.7. The average Bonchev–Trinajstić information content (AvgIpc) is 2.98. The summed E-state index contributed by atoms with van der Waals surface area (Å²) in [5.74, 6) is -0.924. The van der Waals surface area contributed by atoms with Crippen LogP contribution in [0.15, 0.2) is 59.9 Å². The third kappa shape index (κ3) is 4.57. The first kappa shape index (κ1) is 23.6. The lowest BCUT2D eigenvalue weighted by molar-refractivity contribution is -0.119. The predicted octanol–water partition coefficient (Wildman–Crippen LogP) is 5.90. The standard InChI is InChI=1S/C27H33NO4/c1-16(2)24(29)22-23(18-8-14-21(15-9-18)32-17(3)4)28(26(31)25(22)30)20-12-10-19(11-13-20)27(5,6)7/h8-17,23,30H,1-7H3. The van der Waals surface area contributed by atoms with Crippen LogP contribution in [0, 0.1) is 5.92 Å². The molecule has 0 spiro atoms. The number of aliphatic hydroxyl groups is 1. The molecule has 2 aromatic rings. The SMILES string of the molecule is CC(C)Oc1ccc(C2C(C(=O)C(C)C)=C(O)C(=O)N2c2ccc(C(C)(C)C)cc2)cc1. The Kier molecular flexibility index (Phi) is 6.49. The molecular weight excluding hydrogens is 402 g/mol. The van der Waals surface area contributed by atoms with Crippen LogP contribution in [0.4, 0.5) is 5.69 Å². The van der Waals surface area contributed by atoms with Crippen LogP contribution < -0.4 is 9.64 Å². The number of ketones is 1. The Bertz CT molecular complexity index is 1020. The molecule has 170 valence electrons. The van der Waals surface area contributed by atoms with Crippen LogP contribution in [0.3, 0.4) is 0 Å². The smallest absolute Gasteiger partial charge is 0.294 e. The Hall–Kier alpha value is -3.08. The Balaban J connectivity index is 2.09. The number of Topliss-reactive ketones (excluding diaryl/α,β-unsaturated/α-hetero) is 1. The van der Waals surface area contributed by atoms with Crippen LogP contribution in [0.2, 0.25) is 0 Å². The van der Waals surface area contributed by atoms with Crippen LogP contribution in [-0.2, 0) is 15.0 Å². The van der Waals surface area contributed by atoms with Gasteiger partial charge in [0.2, 0.25) is 0 Å². The zero-order valence-corrected chi connectivity index (χ0v) is 20.0. The van der Waals surface area contributed by atoms with Gasteiger partial charge < -0.3 is 9.84 Å². The fourth-order valence-corrected chi connectivity index (χ4v) is 3.87. The molecule has 0 fully saturated rings. The Morgan fingerprint density at radius 2 is 1.53 bits per heavy atom. The predicted molar refractivity (Wildman–Crippen MR) is 127 cm³/mol. The first-order valence-electron chi connectivity index (χ1n) is 11.1. The molecule has 0 bridgehead atoms. The fraction of sp³-hybridized carbons (Fsp3) is 0.407. The summed E-state index contributed by atoms with van der Waals surface area (Å²) in [6.45, 7) is 13.8. The van der Waals surface area contributed by atoms with E-state index in [1.807, 2.05) is 62.4 Å². The first-order chi connectivity index (χ1) is 14.9. The van der Waals surface area contributed by atoms with Gasteiger partial charge in [0.1, 0.15) is 5.75 Å². The number of benzene rings is 2. The van der Waals surface area contributed by atoms with Crippen LogP contribution >= 0.6 is 0 Å². The van der Waals surface area contributed by atoms with Gasteiger partial charge in [-0.05, 0) is 54.7 Å². The molecule has 3 rings (SSSR count). The summed E-state index contributed by atoms with van der Waals surface area (Å²) in [5, 5.41) is 10.7.